The maximum absolute atomic E-state index is 10.6. The van der Waals surface area contributed by atoms with Crippen molar-refractivity contribution in [2.75, 3.05) is 0 Å². The van der Waals surface area contributed by atoms with Gasteiger partial charge in [-0.05, 0) is 30.3 Å². The van der Waals surface area contributed by atoms with Gasteiger partial charge in [-0.3, -0.25) is 9.11 Å². The zero-order chi connectivity index (χ0) is 21.9. The minimum Gasteiger partial charge on any atom is -0.507 e. The highest BCUT2D eigenvalue weighted by Gasteiger charge is 2.16. The first-order valence-corrected chi connectivity index (χ1v) is 9.60. The molecule has 0 aliphatic heterocycles. The molecule has 0 spiro atoms. The molecule has 2 aromatic rings. The van der Waals surface area contributed by atoms with Crippen LogP contribution >= 0.6 is 0 Å². The monoisotopic (exact) mass is 436 g/mol. The Bertz CT molecular complexity index is 1130. The van der Waals surface area contributed by atoms with Gasteiger partial charge in [-0.2, -0.15) is 16.8 Å². The fraction of sp³-hybridized carbons (Fsp3) is 0. The second kappa shape index (κ2) is 8.22. The summed E-state index contributed by atoms with van der Waals surface area (Å²) in [6.07, 6.45) is 0. The van der Waals surface area contributed by atoms with Crippen LogP contribution in [0.15, 0.2) is 46.2 Å². The molecule has 2 aromatic carbocycles. The third-order valence-corrected chi connectivity index (χ3v) is 4.69. The topological polar surface area (TPSA) is 224 Å². The molecule has 0 saturated heterocycles. The first-order chi connectivity index (χ1) is 12.6. The van der Waals surface area contributed by atoms with Crippen LogP contribution in [0, 0.1) is 0 Å². The lowest BCUT2D eigenvalue weighted by Crippen LogP contribution is -2.02. The first kappa shape index (κ1) is 22.8. The Hall–Kier alpha value is -3.20. The highest BCUT2D eigenvalue weighted by Crippen LogP contribution is 2.22. The second-order valence-corrected chi connectivity index (χ2v) is 7.76. The van der Waals surface area contributed by atoms with E-state index in [0.717, 1.165) is 24.3 Å². The molecule has 6 N–H and O–H groups in total. The lowest BCUT2D eigenvalue weighted by molar-refractivity contribution is 0.0682. The molecule has 0 atom stereocenters. The second-order valence-electron chi connectivity index (χ2n) is 4.92. The number of carboxylic acids is 2. The zero-order valence-corrected chi connectivity index (χ0v) is 15.0. The summed E-state index contributed by atoms with van der Waals surface area (Å²) in [5.74, 6) is -4.14. The molecule has 14 heteroatoms. The molecule has 0 radical (unpaired) electrons. The van der Waals surface area contributed by atoms with Gasteiger partial charge in [0.05, 0.1) is 9.79 Å². The molecule has 0 aromatic heterocycles. The molecule has 0 unspecified atom stereocenters. The van der Waals surface area contributed by atoms with Crippen LogP contribution in [-0.4, -0.2) is 58.3 Å². The molecule has 0 aliphatic rings. The number of carboxylic acid groups (broad SMARTS) is 2. The predicted molar refractivity (Wildman–Crippen MR) is 89.8 cm³/mol. The fourth-order valence-electron chi connectivity index (χ4n) is 1.70. The van der Waals surface area contributed by atoms with Crippen molar-refractivity contribution in [1.29, 1.82) is 0 Å². The standard InChI is InChI=1S/2C7H6O6S/c8-6-2-1-4(14(11,12)13)3-5(6)7(9)10;8-6-3-4(14(11,12)13)1-2-5(6)7(9)10/h2*1-3,8H,(H,9,10)(H,11,12,13). The molecule has 0 bridgehead atoms. The Kier molecular flexibility index (Phi) is 6.70. The van der Waals surface area contributed by atoms with Crippen molar-refractivity contribution in [1.82, 2.24) is 0 Å². The largest absolute Gasteiger partial charge is 0.507 e. The van der Waals surface area contributed by atoms with E-state index in [1.807, 2.05) is 0 Å². The summed E-state index contributed by atoms with van der Waals surface area (Å²) in [5, 5.41) is 35.1. The summed E-state index contributed by atoms with van der Waals surface area (Å²) in [6.45, 7) is 0. The van der Waals surface area contributed by atoms with Crippen molar-refractivity contribution in [2.45, 2.75) is 9.79 Å². The SMILES string of the molecule is O=C(O)c1cc(S(=O)(=O)O)ccc1O.O=C(O)c1ccc(S(=O)(=O)O)cc1O. The van der Waals surface area contributed by atoms with Gasteiger partial charge in [0, 0.05) is 6.07 Å². The van der Waals surface area contributed by atoms with Crippen LogP contribution in [0.4, 0.5) is 0 Å². The third kappa shape index (κ3) is 5.92. The molecule has 0 amide bonds. The average molecular weight is 436 g/mol. The smallest absolute Gasteiger partial charge is 0.339 e. The summed E-state index contributed by atoms with van der Waals surface area (Å²) in [6, 6.07) is 4.90. The van der Waals surface area contributed by atoms with E-state index in [1.165, 1.54) is 0 Å². The predicted octanol–water partition coefficient (Wildman–Crippen LogP) is 0.674. The van der Waals surface area contributed by atoms with Gasteiger partial charge >= 0.3 is 11.9 Å². The number of carbonyl (C=O) groups is 2. The Balaban J connectivity index is 0.000000280. The number of phenols is 2. The van der Waals surface area contributed by atoms with E-state index in [4.69, 9.17) is 29.5 Å². The van der Waals surface area contributed by atoms with Gasteiger partial charge in [0.15, 0.2) is 0 Å². The van der Waals surface area contributed by atoms with E-state index >= 15 is 0 Å². The number of aromatic carboxylic acids is 2. The van der Waals surface area contributed by atoms with Crippen LogP contribution in [0.2, 0.25) is 0 Å². The van der Waals surface area contributed by atoms with E-state index in [9.17, 15) is 26.4 Å². The van der Waals surface area contributed by atoms with Crippen LogP contribution in [0.25, 0.3) is 0 Å². The lowest BCUT2D eigenvalue weighted by Gasteiger charge is -2.01. The zero-order valence-electron chi connectivity index (χ0n) is 13.4. The molecular weight excluding hydrogens is 424 g/mol. The van der Waals surface area contributed by atoms with Gasteiger partial charge in [0.1, 0.15) is 22.6 Å². The number of hydrogen-bond donors (Lipinski definition) is 6. The molecule has 2 rings (SSSR count). The van der Waals surface area contributed by atoms with Crippen molar-refractivity contribution < 1.29 is 56.0 Å². The molecule has 0 heterocycles. The normalized spacial score (nSPS) is 11.2. The molecule has 28 heavy (non-hydrogen) atoms. The minimum atomic E-state index is -4.45. The minimum absolute atomic E-state index is 0.433. The summed E-state index contributed by atoms with van der Waals surface area (Å²) in [5.41, 5.74) is -1.02. The number of aromatic hydroxyl groups is 2. The van der Waals surface area contributed by atoms with E-state index < -0.39 is 64.6 Å². The summed E-state index contributed by atoms with van der Waals surface area (Å²) < 4.78 is 59.5. The van der Waals surface area contributed by atoms with E-state index in [-0.39, 0.29) is 0 Å². The quantitative estimate of drug-likeness (QED) is 0.364. The maximum Gasteiger partial charge on any atom is 0.339 e. The molecule has 0 saturated carbocycles. The fourth-order valence-corrected chi connectivity index (χ4v) is 2.71. The third-order valence-electron chi connectivity index (χ3n) is 2.99. The molecule has 152 valence electrons. The Morgan fingerprint density at radius 3 is 1.46 bits per heavy atom. The number of hydrogen-bond acceptors (Lipinski definition) is 8. The van der Waals surface area contributed by atoms with Crippen LogP contribution < -0.4 is 0 Å². The highest BCUT2D eigenvalue weighted by atomic mass is 32.2. The van der Waals surface area contributed by atoms with Gasteiger partial charge in [0.25, 0.3) is 20.2 Å². The van der Waals surface area contributed by atoms with E-state index in [1.54, 1.807) is 0 Å². The Labute approximate surface area is 157 Å². The Morgan fingerprint density at radius 1 is 0.643 bits per heavy atom. The average Bonchev–Trinajstić information content (AvgIpc) is 2.53. The van der Waals surface area contributed by atoms with E-state index in [2.05, 4.69) is 0 Å². The maximum atomic E-state index is 10.6. The number of benzene rings is 2. The molecule has 0 aliphatic carbocycles. The van der Waals surface area contributed by atoms with Crippen LogP contribution in [-0.2, 0) is 20.2 Å². The van der Waals surface area contributed by atoms with Crippen molar-refractivity contribution in [2.24, 2.45) is 0 Å². The number of rotatable bonds is 4. The van der Waals surface area contributed by atoms with Crippen LogP contribution in [0.3, 0.4) is 0 Å². The molecule has 0 fully saturated rings. The van der Waals surface area contributed by atoms with Gasteiger partial charge in [-0.25, -0.2) is 9.59 Å². The van der Waals surface area contributed by atoms with Gasteiger partial charge < -0.3 is 20.4 Å². The van der Waals surface area contributed by atoms with Crippen molar-refractivity contribution >= 4 is 32.2 Å². The summed E-state index contributed by atoms with van der Waals surface area (Å²) in [4.78, 5) is 19.7. The Morgan fingerprint density at radius 2 is 1.07 bits per heavy atom. The summed E-state index contributed by atoms with van der Waals surface area (Å²) in [7, 11) is -8.87. The van der Waals surface area contributed by atoms with Gasteiger partial charge in [-0.15, -0.1) is 0 Å². The van der Waals surface area contributed by atoms with Gasteiger partial charge in [-0.1, -0.05) is 0 Å². The van der Waals surface area contributed by atoms with Crippen molar-refractivity contribution in [3.63, 3.8) is 0 Å². The van der Waals surface area contributed by atoms with Crippen molar-refractivity contribution in [3.05, 3.63) is 47.5 Å². The summed E-state index contributed by atoms with van der Waals surface area (Å²) >= 11 is 0. The molecular formula is C14H12O12S2. The lowest BCUT2D eigenvalue weighted by atomic mass is 10.2. The van der Waals surface area contributed by atoms with Gasteiger partial charge in [0.2, 0.25) is 0 Å². The van der Waals surface area contributed by atoms with Crippen molar-refractivity contribution in [3.8, 4) is 11.5 Å². The van der Waals surface area contributed by atoms with E-state index in [0.29, 0.717) is 12.1 Å². The van der Waals surface area contributed by atoms with Crippen LogP contribution in [0.5, 0.6) is 11.5 Å². The molecule has 12 nitrogen and oxygen atoms in total. The highest BCUT2D eigenvalue weighted by molar-refractivity contribution is 7.86. The first-order valence-electron chi connectivity index (χ1n) is 6.72. The van der Waals surface area contributed by atoms with Crippen LogP contribution in [0.1, 0.15) is 20.7 Å².